The lowest BCUT2D eigenvalue weighted by atomic mass is 10.1. The van der Waals surface area contributed by atoms with Gasteiger partial charge in [0.25, 0.3) is 0 Å². The molecule has 96 valence electrons. The highest BCUT2D eigenvalue weighted by atomic mass is 16.3. The summed E-state index contributed by atoms with van der Waals surface area (Å²) < 4.78 is 5.41. The Kier molecular flexibility index (Phi) is 2.93. The summed E-state index contributed by atoms with van der Waals surface area (Å²) in [6.45, 7) is 0.502. The molecule has 4 nitrogen and oxygen atoms in total. The minimum atomic E-state index is 0.502. The molecular weight excluding hydrogens is 238 g/mol. The third-order valence-electron chi connectivity index (χ3n) is 3.25. The van der Waals surface area contributed by atoms with E-state index in [4.69, 9.17) is 10.2 Å². The van der Waals surface area contributed by atoms with Crippen LogP contribution in [0, 0.1) is 0 Å². The van der Waals surface area contributed by atoms with E-state index < -0.39 is 0 Å². The van der Waals surface area contributed by atoms with Gasteiger partial charge >= 0.3 is 0 Å². The average molecular weight is 253 g/mol. The van der Waals surface area contributed by atoms with Crippen molar-refractivity contribution in [3.63, 3.8) is 0 Å². The fourth-order valence-corrected chi connectivity index (χ4v) is 2.27. The molecule has 2 aromatic heterocycles. The standard InChI is InChI=1S/C15H15N3O/c1-18(13-5-3-2-4-11(13)10-16)15-12-7-9-19-14(12)6-8-17-15/h2-9H,10,16H2,1H3. The zero-order valence-corrected chi connectivity index (χ0v) is 10.7. The molecule has 0 aliphatic carbocycles. The molecule has 0 spiro atoms. The van der Waals surface area contributed by atoms with Crippen LogP contribution in [-0.4, -0.2) is 12.0 Å². The number of rotatable bonds is 3. The molecule has 0 bridgehead atoms. The lowest BCUT2D eigenvalue weighted by molar-refractivity contribution is 0.615. The van der Waals surface area contributed by atoms with Gasteiger partial charge in [-0.2, -0.15) is 0 Å². The first kappa shape index (κ1) is 11.7. The van der Waals surface area contributed by atoms with E-state index in [2.05, 4.69) is 4.98 Å². The zero-order chi connectivity index (χ0) is 13.2. The van der Waals surface area contributed by atoms with Crippen LogP contribution in [0.1, 0.15) is 5.56 Å². The van der Waals surface area contributed by atoms with E-state index in [0.29, 0.717) is 6.54 Å². The van der Waals surface area contributed by atoms with Crippen LogP contribution in [0.3, 0.4) is 0 Å². The third kappa shape index (κ3) is 1.96. The van der Waals surface area contributed by atoms with E-state index in [1.165, 1.54) is 0 Å². The van der Waals surface area contributed by atoms with Crippen molar-refractivity contribution in [1.82, 2.24) is 4.98 Å². The molecule has 2 heterocycles. The molecule has 0 unspecified atom stereocenters. The second kappa shape index (κ2) is 4.74. The fourth-order valence-electron chi connectivity index (χ4n) is 2.27. The fraction of sp³-hybridized carbons (Fsp3) is 0.133. The summed E-state index contributed by atoms with van der Waals surface area (Å²) in [4.78, 5) is 6.50. The van der Waals surface area contributed by atoms with Gasteiger partial charge in [0.1, 0.15) is 11.4 Å². The predicted octanol–water partition coefficient (Wildman–Crippen LogP) is 3.05. The van der Waals surface area contributed by atoms with Gasteiger partial charge in [0.2, 0.25) is 0 Å². The monoisotopic (exact) mass is 253 g/mol. The predicted molar refractivity (Wildman–Crippen MR) is 76.4 cm³/mol. The van der Waals surface area contributed by atoms with Gasteiger partial charge < -0.3 is 15.1 Å². The van der Waals surface area contributed by atoms with Crippen LogP contribution in [0.2, 0.25) is 0 Å². The molecule has 0 aliphatic rings. The van der Waals surface area contributed by atoms with Crippen molar-refractivity contribution >= 4 is 22.5 Å². The maximum Gasteiger partial charge on any atom is 0.143 e. The van der Waals surface area contributed by atoms with E-state index >= 15 is 0 Å². The highest BCUT2D eigenvalue weighted by Crippen LogP contribution is 2.31. The van der Waals surface area contributed by atoms with Crippen molar-refractivity contribution in [2.24, 2.45) is 5.73 Å². The molecule has 3 aromatic rings. The summed E-state index contributed by atoms with van der Waals surface area (Å²) in [6.07, 6.45) is 3.43. The molecule has 0 saturated carbocycles. The van der Waals surface area contributed by atoms with Crippen LogP contribution in [0.15, 0.2) is 53.3 Å². The summed E-state index contributed by atoms with van der Waals surface area (Å²) in [5.41, 5.74) is 8.78. The summed E-state index contributed by atoms with van der Waals surface area (Å²) in [5.74, 6) is 0.868. The second-order valence-electron chi connectivity index (χ2n) is 4.36. The molecule has 0 amide bonds. The molecular formula is C15H15N3O. The molecule has 1 aromatic carbocycles. The molecule has 0 saturated heterocycles. The Morgan fingerprint density at radius 3 is 2.89 bits per heavy atom. The average Bonchev–Trinajstić information content (AvgIpc) is 2.94. The van der Waals surface area contributed by atoms with Crippen molar-refractivity contribution in [1.29, 1.82) is 0 Å². The molecule has 3 rings (SSSR count). The van der Waals surface area contributed by atoms with Gasteiger partial charge in [-0.25, -0.2) is 4.98 Å². The lowest BCUT2D eigenvalue weighted by Crippen LogP contribution is -2.14. The summed E-state index contributed by atoms with van der Waals surface area (Å²) in [6, 6.07) is 11.9. The van der Waals surface area contributed by atoms with Crippen molar-refractivity contribution in [2.75, 3.05) is 11.9 Å². The van der Waals surface area contributed by atoms with Gasteiger partial charge in [0.15, 0.2) is 0 Å². The smallest absolute Gasteiger partial charge is 0.143 e. The quantitative estimate of drug-likeness (QED) is 0.779. The molecule has 0 aliphatic heterocycles. The number of anilines is 2. The number of para-hydroxylation sites is 1. The van der Waals surface area contributed by atoms with Crippen LogP contribution in [0.25, 0.3) is 11.0 Å². The Labute approximate surface area is 111 Å². The zero-order valence-electron chi connectivity index (χ0n) is 10.7. The first-order valence-electron chi connectivity index (χ1n) is 6.15. The van der Waals surface area contributed by atoms with Crippen LogP contribution in [0.4, 0.5) is 11.5 Å². The number of pyridine rings is 1. The normalized spacial score (nSPS) is 10.8. The van der Waals surface area contributed by atoms with E-state index in [1.807, 2.05) is 48.3 Å². The SMILES string of the molecule is CN(c1ccccc1CN)c1nccc2occc12. The number of nitrogens with two attached hydrogens (primary N) is 1. The van der Waals surface area contributed by atoms with E-state index in [1.54, 1.807) is 12.5 Å². The summed E-state index contributed by atoms with van der Waals surface area (Å²) in [5, 5.41) is 0.997. The highest BCUT2D eigenvalue weighted by molar-refractivity contribution is 5.90. The Morgan fingerprint density at radius 1 is 1.21 bits per heavy atom. The first-order valence-corrected chi connectivity index (χ1v) is 6.15. The van der Waals surface area contributed by atoms with Crippen LogP contribution in [0.5, 0.6) is 0 Å². The molecule has 0 atom stereocenters. The van der Waals surface area contributed by atoms with Crippen LogP contribution in [-0.2, 0) is 6.54 Å². The van der Waals surface area contributed by atoms with E-state index in [-0.39, 0.29) is 0 Å². The minimum Gasteiger partial charge on any atom is -0.464 e. The molecule has 19 heavy (non-hydrogen) atoms. The van der Waals surface area contributed by atoms with Gasteiger partial charge in [-0.15, -0.1) is 0 Å². The number of aromatic nitrogens is 1. The largest absolute Gasteiger partial charge is 0.464 e. The molecule has 0 radical (unpaired) electrons. The van der Waals surface area contributed by atoms with E-state index in [9.17, 15) is 0 Å². The Bertz CT molecular complexity index is 705. The Morgan fingerprint density at radius 2 is 2.05 bits per heavy atom. The lowest BCUT2D eigenvalue weighted by Gasteiger charge is -2.21. The number of fused-ring (bicyclic) bond motifs is 1. The van der Waals surface area contributed by atoms with Gasteiger partial charge in [-0.3, -0.25) is 0 Å². The maximum absolute atomic E-state index is 5.79. The molecule has 2 N–H and O–H groups in total. The first-order chi connectivity index (χ1) is 9.31. The summed E-state index contributed by atoms with van der Waals surface area (Å²) in [7, 11) is 1.99. The highest BCUT2D eigenvalue weighted by Gasteiger charge is 2.13. The Balaban J connectivity index is 2.13. The second-order valence-corrected chi connectivity index (χ2v) is 4.36. The van der Waals surface area contributed by atoms with Crippen molar-refractivity contribution in [2.45, 2.75) is 6.54 Å². The summed E-state index contributed by atoms with van der Waals surface area (Å²) >= 11 is 0. The number of hydrogen-bond donors (Lipinski definition) is 1. The van der Waals surface area contributed by atoms with Gasteiger partial charge in [0, 0.05) is 25.5 Å². The third-order valence-corrected chi connectivity index (χ3v) is 3.25. The van der Waals surface area contributed by atoms with Crippen molar-refractivity contribution in [3.05, 3.63) is 54.4 Å². The van der Waals surface area contributed by atoms with Crippen LogP contribution >= 0.6 is 0 Å². The Hall–Kier alpha value is -2.33. The van der Waals surface area contributed by atoms with Crippen LogP contribution < -0.4 is 10.6 Å². The van der Waals surface area contributed by atoms with Gasteiger partial charge in [0.05, 0.1) is 11.6 Å². The molecule has 4 heteroatoms. The molecule has 0 fully saturated rings. The maximum atomic E-state index is 5.79. The topological polar surface area (TPSA) is 55.3 Å². The van der Waals surface area contributed by atoms with Crippen molar-refractivity contribution < 1.29 is 4.42 Å². The number of benzene rings is 1. The minimum absolute atomic E-state index is 0.502. The number of hydrogen-bond acceptors (Lipinski definition) is 4. The number of nitrogens with zero attached hydrogens (tertiary/aromatic N) is 2. The number of furan rings is 1. The van der Waals surface area contributed by atoms with E-state index in [0.717, 1.165) is 28.0 Å². The van der Waals surface area contributed by atoms with Gasteiger partial charge in [-0.05, 0) is 23.8 Å². The van der Waals surface area contributed by atoms with Gasteiger partial charge in [-0.1, -0.05) is 18.2 Å². The van der Waals surface area contributed by atoms with Crippen molar-refractivity contribution in [3.8, 4) is 0 Å².